The molecule has 2 nitrogen and oxygen atoms in total. The van der Waals surface area contributed by atoms with Crippen molar-refractivity contribution < 1.29 is 4.74 Å². The van der Waals surface area contributed by atoms with E-state index in [-0.39, 0.29) is 6.10 Å². The van der Waals surface area contributed by atoms with Crippen molar-refractivity contribution in [1.29, 1.82) is 0 Å². The minimum atomic E-state index is 0.219. The molecule has 0 radical (unpaired) electrons. The molecule has 0 aromatic heterocycles. The number of benzene rings is 1. The van der Waals surface area contributed by atoms with E-state index in [1.807, 2.05) is 12.1 Å². The highest BCUT2D eigenvalue weighted by atomic mass is 79.9. The van der Waals surface area contributed by atoms with Crippen LogP contribution in [0, 0.1) is 12.8 Å². The van der Waals surface area contributed by atoms with Crippen LogP contribution in [0.1, 0.15) is 32.8 Å². The lowest BCUT2D eigenvalue weighted by atomic mass is 10.1. The Labute approximate surface area is 119 Å². The van der Waals surface area contributed by atoms with E-state index in [4.69, 9.17) is 4.74 Å². The third-order valence-corrected chi connectivity index (χ3v) is 3.42. The van der Waals surface area contributed by atoms with Gasteiger partial charge in [-0.3, -0.25) is 0 Å². The van der Waals surface area contributed by atoms with Gasteiger partial charge in [-0.1, -0.05) is 36.7 Å². The van der Waals surface area contributed by atoms with Crippen molar-refractivity contribution in [2.75, 3.05) is 13.1 Å². The van der Waals surface area contributed by atoms with E-state index < -0.39 is 0 Å². The number of nitrogens with one attached hydrogen (secondary N) is 1. The summed E-state index contributed by atoms with van der Waals surface area (Å²) in [5.74, 6) is 1.48. The van der Waals surface area contributed by atoms with Crippen molar-refractivity contribution in [3.8, 4) is 5.75 Å². The molecule has 0 fully saturated rings. The van der Waals surface area contributed by atoms with E-state index in [0.29, 0.717) is 5.92 Å². The molecule has 0 aliphatic carbocycles. The van der Waals surface area contributed by atoms with Crippen LogP contribution in [0.5, 0.6) is 5.75 Å². The van der Waals surface area contributed by atoms with Crippen LogP contribution in [0.3, 0.4) is 0 Å². The van der Waals surface area contributed by atoms with Gasteiger partial charge in [0.15, 0.2) is 0 Å². The average Bonchev–Trinajstić information content (AvgIpc) is 2.30. The van der Waals surface area contributed by atoms with Gasteiger partial charge in [0, 0.05) is 11.0 Å². The fourth-order valence-corrected chi connectivity index (χ4v) is 2.22. The zero-order chi connectivity index (χ0) is 13.5. The Balaban J connectivity index is 2.64. The number of ether oxygens (including phenoxy) is 1. The number of aryl methyl sites for hydroxylation is 1. The highest BCUT2D eigenvalue weighted by Crippen LogP contribution is 2.24. The zero-order valence-corrected chi connectivity index (χ0v) is 13.4. The van der Waals surface area contributed by atoms with E-state index in [1.165, 1.54) is 5.56 Å². The molecule has 0 spiro atoms. The molecule has 1 aromatic carbocycles. The Bertz CT molecular complexity index is 366. The lowest BCUT2D eigenvalue weighted by molar-refractivity contribution is 0.148. The maximum Gasteiger partial charge on any atom is 0.122 e. The van der Waals surface area contributed by atoms with Gasteiger partial charge in [0.1, 0.15) is 11.9 Å². The van der Waals surface area contributed by atoms with E-state index in [2.05, 4.69) is 55.0 Å². The Morgan fingerprint density at radius 2 is 2.06 bits per heavy atom. The molecule has 0 saturated carbocycles. The van der Waals surface area contributed by atoms with Crippen molar-refractivity contribution in [3.05, 3.63) is 28.2 Å². The van der Waals surface area contributed by atoms with Gasteiger partial charge < -0.3 is 10.1 Å². The molecule has 1 aromatic rings. The van der Waals surface area contributed by atoms with Gasteiger partial charge in [0.05, 0.1) is 0 Å². The molecular formula is C15H24BrNO. The Hall–Kier alpha value is -0.540. The predicted molar refractivity (Wildman–Crippen MR) is 81.3 cm³/mol. The molecule has 1 rings (SSSR count). The lowest BCUT2D eigenvalue weighted by Crippen LogP contribution is -2.35. The molecule has 18 heavy (non-hydrogen) atoms. The van der Waals surface area contributed by atoms with Crippen LogP contribution in [0.4, 0.5) is 0 Å². The van der Waals surface area contributed by atoms with Crippen molar-refractivity contribution >= 4 is 15.9 Å². The first-order valence-corrected chi connectivity index (χ1v) is 7.47. The molecule has 0 saturated heterocycles. The predicted octanol–water partition coefficient (Wildman–Crippen LogP) is 4.16. The summed E-state index contributed by atoms with van der Waals surface area (Å²) in [5.41, 5.74) is 1.17. The van der Waals surface area contributed by atoms with Gasteiger partial charge >= 0.3 is 0 Å². The number of rotatable bonds is 7. The summed E-state index contributed by atoms with van der Waals surface area (Å²) in [6, 6.07) is 6.15. The quantitative estimate of drug-likeness (QED) is 0.763. The second-order valence-electron chi connectivity index (χ2n) is 5.01. The molecule has 1 unspecified atom stereocenters. The van der Waals surface area contributed by atoms with Crippen molar-refractivity contribution in [1.82, 2.24) is 5.32 Å². The first-order valence-electron chi connectivity index (χ1n) is 6.68. The third kappa shape index (κ3) is 4.99. The molecule has 0 aliphatic rings. The van der Waals surface area contributed by atoms with Crippen molar-refractivity contribution in [2.24, 2.45) is 5.92 Å². The van der Waals surface area contributed by atoms with Crippen LogP contribution in [0.15, 0.2) is 22.7 Å². The minimum absolute atomic E-state index is 0.219. The molecule has 102 valence electrons. The average molecular weight is 314 g/mol. The van der Waals surface area contributed by atoms with E-state index in [9.17, 15) is 0 Å². The molecule has 0 aliphatic heterocycles. The lowest BCUT2D eigenvalue weighted by Gasteiger charge is -2.24. The summed E-state index contributed by atoms with van der Waals surface area (Å²) in [6.45, 7) is 10.6. The van der Waals surface area contributed by atoms with Crippen LogP contribution >= 0.6 is 15.9 Å². The summed E-state index contributed by atoms with van der Waals surface area (Å²) in [5, 5.41) is 3.43. The standard InChI is InChI=1S/C15H24BrNO/c1-5-8-17-10-15(11(2)3)18-14-7-6-13(16)9-12(14)4/h6-7,9,11,15,17H,5,8,10H2,1-4H3. The first-order chi connectivity index (χ1) is 8.54. The minimum Gasteiger partial charge on any atom is -0.489 e. The summed E-state index contributed by atoms with van der Waals surface area (Å²) < 4.78 is 7.22. The van der Waals surface area contributed by atoms with Gasteiger partial charge in [-0.25, -0.2) is 0 Å². The molecule has 1 N–H and O–H groups in total. The molecule has 0 amide bonds. The topological polar surface area (TPSA) is 21.3 Å². The molecule has 0 bridgehead atoms. The fraction of sp³-hybridized carbons (Fsp3) is 0.600. The summed E-state index contributed by atoms with van der Waals surface area (Å²) in [7, 11) is 0. The molecule has 1 atom stereocenters. The van der Waals surface area contributed by atoms with E-state index in [1.54, 1.807) is 0 Å². The molecular weight excluding hydrogens is 290 g/mol. The van der Waals surface area contributed by atoms with Crippen LogP contribution in [-0.2, 0) is 0 Å². The van der Waals surface area contributed by atoms with Gasteiger partial charge in [-0.15, -0.1) is 0 Å². The third-order valence-electron chi connectivity index (χ3n) is 2.93. The first kappa shape index (κ1) is 15.5. The molecule has 0 heterocycles. The Morgan fingerprint density at radius 3 is 2.61 bits per heavy atom. The van der Waals surface area contributed by atoms with Crippen LogP contribution < -0.4 is 10.1 Å². The summed E-state index contributed by atoms with van der Waals surface area (Å²) in [6.07, 6.45) is 1.37. The number of hydrogen-bond donors (Lipinski definition) is 1. The smallest absolute Gasteiger partial charge is 0.122 e. The molecule has 3 heteroatoms. The zero-order valence-electron chi connectivity index (χ0n) is 11.8. The summed E-state index contributed by atoms with van der Waals surface area (Å²) in [4.78, 5) is 0. The number of hydrogen-bond acceptors (Lipinski definition) is 2. The second-order valence-corrected chi connectivity index (χ2v) is 5.93. The summed E-state index contributed by atoms with van der Waals surface area (Å²) >= 11 is 3.47. The van der Waals surface area contributed by atoms with Gasteiger partial charge in [0.25, 0.3) is 0 Å². The van der Waals surface area contributed by atoms with E-state index in [0.717, 1.165) is 29.7 Å². The Kier molecular flexibility index (Phi) is 6.72. The van der Waals surface area contributed by atoms with Crippen LogP contribution in [0.25, 0.3) is 0 Å². The Morgan fingerprint density at radius 1 is 1.33 bits per heavy atom. The van der Waals surface area contributed by atoms with Gasteiger partial charge in [0.2, 0.25) is 0 Å². The van der Waals surface area contributed by atoms with Crippen molar-refractivity contribution in [2.45, 2.75) is 40.2 Å². The fourth-order valence-electron chi connectivity index (χ4n) is 1.74. The highest BCUT2D eigenvalue weighted by molar-refractivity contribution is 9.10. The SMILES string of the molecule is CCCNCC(Oc1ccc(Br)cc1C)C(C)C. The largest absolute Gasteiger partial charge is 0.489 e. The maximum absolute atomic E-state index is 6.12. The van der Waals surface area contributed by atoms with Crippen LogP contribution in [-0.4, -0.2) is 19.2 Å². The van der Waals surface area contributed by atoms with E-state index >= 15 is 0 Å². The number of halogens is 1. The van der Waals surface area contributed by atoms with Gasteiger partial charge in [-0.2, -0.15) is 0 Å². The monoisotopic (exact) mass is 313 g/mol. The highest BCUT2D eigenvalue weighted by Gasteiger charge is 2.15. The van der Waals surface area contributed by atoms with Crippen LogP contribution in [0.2, 0.25) is 0 Å². The van der Waals surface area contributed by atoms with Crippen molar-refractivity contribution in [3.63, 3.8) is 0 Å². The normalized spacial score (nSPS) is 12.8. The second kappa shape index (κ2) is 7.80. The maximum atomic E-state index is 6.12. The van der Waals surface area contributed by atoms with Gasteiger partial charge in [-0.05, 0) is 49.6 Å².